The van der Waals surface area contributed by atoms with Crippen molar-refractivity contribution in [3.63, 3.8) is 0 Å². The number of nitrogens with zero attached hydrogens (tertiary/aromatic N) is 2. The van der Waals surface area contributed by atoms with Crippen molar-refractivity contribution in [2.45, 2.75) is 45.7 Å². The van der Waals surface area contributed by atoms with Crippen molar-refractivity contribution in [2.75, 3.05) is 18.5 Å². The topological polar surface area (TPSA) is 28.2 Å². The Hall–Kier alpha value is -1.09. The van der Waals surface area contributed by atoms with Gasteiger partial charge < -0.3 is 10.2 Å². The van der Waals surface area contributed by atoms with Crippen molar-refractivity contribution in [3.8, 4) is 0 Å². The Morgan fingerprint density at radius 3 is 2.94 bits per heavy atom. The first-order chi connectivity index (χ1) is 8.70. The summed E-state index contributed by atoms with van der Waals surface area (Å²) in [5.41, 5.74) is 2.63. The zero-order valence-electron chi connectivity index (χ0n) is 11.8. The third-order valence-electron chi connectivity index (χ3n) is 3.74. The van der Waals surface area contributed by atoms with Crippen molar-refractivity contribution >= 4 is 5.69 Å². The molecule has 0 spiro atoms. The van der Waals surface area contributed by atoms with Crippen LogP contribution >= 0.6 is 0 Å². The molecule has 0 aliphatic heterocycles. The fraction of sp³-hybridized carbons (Fsp3) is 0.667. The third kappa shape index (κ3) is 3.70. The summed E-state index contributed by atoms with van der Waals surface area (Å²) in [5.74, 6) is 0.722. The monoisotopic (exact) mass is 247 g/mol. The molecule has 1 saturated carbocycles. The van der Waals surface area contributed by atoms with Gasteiger partial charge in [-0.15, -0.1) is 0 Å². The quantitative estimate of drug-likeness (QED) is 0.803. The Bertz CT molecular complexity index is 374. The number of aromatic nitrogens is 1. The summed E-state index contributed by atoms with van der Waals surface area (Å²) in [6.45, 7) is 6.61. The first kappa shape index (κ1) is 13.3. The lowest BCUT2D eigenvalue weighted by Gasteiger charge is -2.25. The van der Waals surface area contributed by atoms with Crippen molar-refractivity contribution in [1.29, 1.82) is 0 Å². The minimum atomic E-state index is 0.722. The lowest BCUT2D eigenvalue weighted by molar-refractivity contribution is 0.558. The molecule has 1 unspecified atom stereocenters. The molecule has 1 fully saturated rings. The van der Waals surface area contributed by atoms with Crippen LogP contribution in [0, 0.1) is 5.92 Å². The average molecular weight is 247 g/mol. The number of rotatable bonds is 7. The van der Waals surface area contributed by atoms with Crippen LogP contribution < -0.4 is 10.2 Å². The zero-order valence-corrected chi connectivity index (χ0v) is 11.8. The van der Waals surface area contributed by atoms with Gasteiger partial charge in [0.05, 0.1) is 11.9 Å². The predicted molar refractivity (Wildman–Crippen MR) is 76.8 cm³/mol. The second-order valence-corrected chi connectivity index (χ2v) is 5.55. The van der Waals surface area contributed by atoms with Crippen molar-refractivity contribution in [1.82, 2.24) is 10.3 Å². The molecule has 1 aliphatic carbocycles. The molecule has 0 aromatic carbocycles. The van der Waals surface area contributed by atoms with Gasteiger partial charge in [0.25, 0.3) is 0 Å². The summed E-state index contributed by atoms with van der Waals surface area (Å²) in [6, 6.07) is 2.89. The first-order valence-electron chi connectivity index (χ1n) is 7.08. The van der Waals surface area contributed by atoms with Crippen LogP contribution in [0.2, 0.25) is 0 Å². The summed E-state index contributed by atoms with van der Waals surface area (Å²) in [6.07, 6.45) is 7.78. The molecule has 1 aromatic heterocycles. The van der Waals surface area contributed by atoms with E-state index < -0.39 is 0 Å². The van der Waals surface area contributed by atoms with Gasteiger partial charge in [0.2, 0.25) is 0 Å². The van der Waals surface area contributed by atoms with Gasteiger partial charge in [-0.05, 0) is 30.4 Å². The van der Waals surface area contributed by atoms with Gasteiger partial charge in [0.15, 0.2) is 0 Å². The summed E-state index contributed by atoms with van der Waals surface area (Å²) < 4.78 is 0. The molecule has 1 aromatic rings. The fourth-order valence-electron chi connectivity index (χ4n) is 2.14. The molecule has 0 radical (unpaired) electrons. The molecule has 3 nitrogen and oxygen atoms in total. The molecule has 0 amide bonds. The van der Waals surface area contributed by atoms with Gasteiger partial charge in [0.1, 0.15) is 0 Å². The second kappa shape index (κ2) is 6.19. The molecular formula is C15H25N3. The zero-order chi connectivity index (χ0) is 13.0. The molecule has 0 bridgehead atoms. The van der Waals surface area contributed by atoms with Crippen molar-refractivity contribution in [2.24, 2.45) is 5.92 Å². The lowest BCUT2D eigenvalue weighted by Crippen LogP contribution is -2.26. The molecule has 1 atom stereocenters. The van der Waals surface area contributed by atoms with Crippen LogP contribution in [0.3, 0.4) is 0 Å². The molecular weight excluding hydrogens is 222 g/mol. The van der Waals surface area contributed by atoms with E-state index in [4.69, 9.17) is 0 Å². The molecule has 3 heteroatoms. The van der Waals surface area contributed by atoms with Gasteiger partial charge in [-0.3, -0.25) is 4.98 Å². The van der Waals surface area contributed by atoms with Crippen LogP contribution in [-0.2, 0) is 6.54 Å². The van der Waals surface area contributed by atoms with E-state index in [-0.39, 0.29) is 0 Å². The summed E-state index contributed by atoms with van der Waals surface area (Å²) in [7, 11) is 2.17. The summed E-state index contributed by atoms with van der Waals surface area (Å²) in [5, 5.41) is 3.58. The maximum atomic E-state index is 4.27. The number of hydrogen-bond donors (Lipinski definition) is 1. The SMILES string of the molecule is CCC(C)CN(C)c1cnccc1CNC1CC1. The van der Waals surface area contributed by atoms with Gasteiger partial charge in [-0.25, -0.2) is 0 Å². The van der Waals surface area contributed by atoms with Crippen LogP contribution in [-0.4, -0.2) is 24.6 Å². The number of pyridine rings is 1. The molecule has 2 rings (SSSR count). The van der Waals surface area contributed by atoms with Gasteiger partial charge in [-0.2, -0.15) is 0 Å². The highest BCUT2D eigenvalue weighted by Crippen LogP contribution is 2.23. The Balaban J connectivity index is 2.00. The minimum absolute atomic E-state index is 0.722. The predicted octanol–water partition coefficient (Wildman–Crippen LogP) is 2.82. The Kier molecular flexibility index (Phi) is 4.59. The van der Waals surface area contributed by atoms with Crippen LogP contribution in [0.5, 0.6) is 0 Å². The van der Waals surface area contributed by atoms with E-state index in [1.54, 1.807) is 0 Å². The van der Waals surface area contributed by atoms with Gasteiger partial charge >= 0.3 is 0 Å². The molecule has 18 heavy (non-hydrogen) atoms. The van der Waals surface area contributed by atoms with Gasteiger partial charge in [0, 0.05) is 32.4 Å². The van der Waals surface area contributed by atoms with Crippen molar-refractivity contribution in [3.05, 3.63) is 24.0 Å². The Labute approximate surface area is 111 Å². The fourth-order valence-corrected chi connectivity index (χ4v) is 2.14. The van der Waals surface area contributed by atoms with E-state index in [9.17, 15) is 0 Å². The van der Waals surface area contributed by atoms with E-state index in [1.807, 2.05) is 12.4 Å². The minimum Gasteiger partial charge on any atom is -0.373 e. The van der Waals surface area contributed by atoms with E-state index >= 15 is 0 Å². The van der Waals surface area contributed by atoms with Crippen molar-refractivity contribution < 1.29 is 0 Å². The van der Waals surface area contributed by atoms with Crippen LogP contribution in [0.15, 0.2) is 18.5 Å². The molecule has 1 aliphatic rings. The molecule has 0 saturated heterocycles. The standard InChI is InChI=1S/C15H25N3/c1-4-12(2)11-18(3)15-10-16-8-7-13(15)9-17-14-5-6-14/h7-8,10,12,14,17H,4-6,9,11H2,1-3H3. The van der Waals surface area contributed by atoms with E-state index in [2.05, 4.69) is 42.2 Å². The molecule has 100 valence electrons. The highest BCUT2D eigenvalue weighted by atomic mass is 15.1. The highest BCUT2D eigenvalue weighted by molar-refractivity contribution is 5.51. The average Bonchev–Trinajstić information content (AvgIpc) is 3.20. The van der Waals surface area contributed by atoms with Crippen LogP contribution in [0.1, 0.15) is 38.7 Å². The van der Waals surface area contributed by atoms with E-state index in [1.165, 1.54) is 30.5 Å². The first-order valence-corrected chi connectivity index (χ1v) is 7.08. The lowest BCUT2D eigenvalue weighted by atomic mass is 10.1. The highest BCUT2D eigenvalue weighted by Gasteiger charge is 2.20. The van der Waals surface area contributed by atoms with Gasteiger partial charge in [-0.1, -0.05) is 20.3 Å². The largest absolute Gasteiger partial charge is 0.373 e. The smallest absolute Gasteiger partial charge is 0.0595 e. The Morgan fingerprint density at radius 2 is 2.28 bits per heavy atom. The number of anilines is 1. The number of hydrogen-bond acceptors (Lipinski definition) is 3. The normalized spacial score (nSPS) is 16.6. The third-order valence-corrected chi connectivity index (χ3v) is 3.74. The maximum absolute atomic E-state index is 4.27. The number of nitrogens with one attached hydrogen (secondary N) is 1. The Morgan fingerprint density at radius 1 is 1.50 bits per heavy atom. The maximum Gasteiger partial charge on any atom is 0.0595 e. The summed E-state index contributed by atoms with van der Waals surface area (Å²) >= 11 is 0. The van der Waals surface area contributed by atoms with Crippen LogP contribution in [0.25, 0.3) is 0 Å². The second-order valence-electron chi connectivity index (χ2n) is 5.55. The molecule has 1 heterocycles. The van der Waals surface area contributed by atoms with E-state index in [0.717, 1.165) is 25.0 Å². The van der Waals surface area contributed by atoms with E-state index in [0.29, 0.717) is 0 Å². The summed E-state index contributed by atoms with van der Waals surface area (Å²) in [4.78, 5) is 6.61. The molecule has 1 N–H and O–H groups in total. The van der Waals surface area contributed by atoms with Crippen LogP contribution in [0.4, 0.5) is 5.69 Å².